The fourth-order valence-corrected chi connectivity index (χ4v) is 4.71. The van der Waals surface area contributed by atoms with Crippen LogP contribution in [0.15, 0.2) is 48.0 Å². The Kier molecular flexibility index (Phi) is 8.15. The van der Waals surface area contributed by atoms with Gasteiger partial charge >= 0.3 is 0 Å². The van der Waals surface area contributed by atoms with E-state index in [4.69, 9.17) is 14.2 Å². The molecule has 0 aromatic heterocycles. The summed E-state index contributed by atoms with van der Waals surface area (Å²) in [7, 11) is 1.44. The standard InChI is InChI=1S/C28H33NO7/c1-3-4-5-14-35-20-11-8-18(9-12-20)26(31)24-25(19-10-13-23(34-2)22(30)16-19)29(28(33)27(24)32)17-21-7-6-15-36-21/h8-13,16,21,25,30-31H,3-7,14-15,17H2,1-2H3/b26-24-. The number of aliphatic hydroxyl groups excluding tert-OH is 1. The van der Waals surface area contributed by atoms with E-state index in [1.165, 1.54) is 18.1 Å². The third kappa shape index (κ3) is 5.33. The molecule has 8 heteroatoms. The molecule has 0 bridgehead atoms. The second kappa shape index (κ2) is 11.5. The number of carbonyl (C=O) groups excluding carboxylic acids is 2. The second-order valence-electron chi connectivity index (χ2n) is 9.10. The third-order valence-corrected chi connectivity index (χ3v) is 6.63. The Hall–Kier alpha value is -3.52. The molecule has 2 N–H and O–H groups in total. The Morgan fingerprint density at radius 2 is 1.92 bits per heavy atom. The molecule has 2 unspecified atom stereocenters. The van der Waals surface area contributed by atoms with Crippen molar-refractivity contribution in [2.24, 2.45) is 0 Å². The number of likely N-dealkylation sites (tertiary alicyclic amines) is 1. The van der Waals surface area contributed by atoms with E-state index in [0.717, 1.165) is 32.1 Å². The number of unbranched alkanes of at least 4 members (excludes halogenated alkanes) is 2. The normalized spacial score (nSPS) is 21.2. The van der Waals surface area contributed by atoms with Gasteiger partial charge in [0.25, 0.3) is 11.7 Å². The lowest BCUT2D eigenvalue weighted by Crippen LogP contribution is -2.36. The first kappa shape index (κ1) is 25.6. The maximum Gasteiger partial charge on any atom is 0.295 e. The maximum atomic E-state index is 13.2. The summed E-state index contributed by atoms with van der Waals surface area (Å²) in [6.07, 6.45) is 4.63. The molecule has 0 radical (unpaired) electrons. The van der Waals surface area contributed by atoms with Crippen molar-refractivity contribution < 1.29 is 34.0 Å². The van der Waals surface area contributed by atoms with Gasteiger partial charge in [-0.3, -0.25) is 9.59 Å². The van der Waals surface area contributed by atoms with Crippen LogP contribution in [0, 0.1) is 0 Å². The first-order valence-corrected chi connectivity index (χ1v) is 12.4. The van der Waals surface area contributed by atoms with Crippen molar-refractivity contribution in [1.82, 2.24) is 4.90 Å². The van der Waals surface area contributed by atoms with Crippen LogP contribution in [0.3, 0.4) is 0 Å². The van der Waals surface area contributed by atoms with E-state index in [1.807, 2.05) is 0 Å². The number of rotatable bonds is 10. The Bertz CT molecular complexity index is 1120. The first-order chi connectivity index (χ1) is 17.4. The number of benzene rings is 2. The highest BCUT2D eigenvalue weighted by Gasteiger charge is 2.47. The summed E-state index contributed by atoms with van der Waals surface area (Å²) in [5, 5.41) is 21.6. The maximum absolute atomic E-state index is 13.2. The van der Waals surface area contributed by atoms with Crippen LogP contribution in [0.1, 0.15) is 56.2 Å². The van der Waals surface area contributed by atoms with Crippen LogP contribution in [0.25, 0.3) is 5.76 Å². The van der Waals surface area contributed by atoms with Crippen LogP contribution in [-0.4, -0.2) is 59.8 Å². The van der Waals surface area contributed by atoms with Gasteiger partial charge in [0.1, 0.15) is 11.5 Å². The molecular formula is C28H33NO7. The molecule has 2 aromatic rings. The number of aromatic hydroxyl groups is 1. The Morgan fingerprint density at radius 3 is 2.56 bits per heavy atom. The van der Waals surface area contributed by atoms with Crippen molar-refractivity contribution >= 4 is 17.4 Å². The number of ketones is 1. The minimum atomic E-state index is -0.879. The Morgan fingerprint density at radius 1 is 1.14 bits per heavy atom. The van der Waals surface area contributed by atoms with Crippen LogP contribution in [-0.2, 0) is 14.3 Å². The molecule has 2 aromatic carbocycles. The summed E-state index contributed by atoms with van der Waals surface area (Å²) >= 11 is 0. The highest BCUT2D eigenvalue weighted by Crippen LogP contribution is 2.42. The van der Waals surface area contributed by atoms with Crippen LogP contribution < -0.4 is 9.47 Å². The van der Waals surface area contributed by atoms with Crippen LogP contribution >= 0.6 is 0 Å². The molecule has 2 fully saturated rings. The van der Waals surface area contributed by atoms with Gasteiger partial charge in [-0.25, -0.2) is 0 Å². The van der Waals surface area contributed by atoms with Crippen LogP contribution in [0.2, 0.25) is 0 Å². The van der Waals surface area contributed by atoms with Crippen molar-refractivity contribution in [3.63, 3.8) is 0 Å². The number of ether oxygens (including phenoxy) is 3. The number of phenols is 1. The van der Waals surface area contributed by atoms with E-state index in [-0.39, 0.29) is 35.5 Å². The SMILES string of the molecule is CCCCCOc1ccc(/C(O)=C2/C(=O)C(=O)N(CC3CCCO3)C2c2ccc(OC)c(O)c2)cc1. The van der Waals surface area contributed by atoms with Crippen molar-refractivity contribution in [1.29, 1.82) is 0 Å². The van der Waals surface area contributed by atoms with Gasteiger partial charge in [-0.1, -0.05) is 25.8 Å². The van der Waals surface area contributed by atoms with Gasteiger partial charge in [0.05, 0.1) is 31.4 Å². The number of phenolic OH excluding ortho intramolecular Hbond substituents is 1. The highest BCUT2D eigenvalue weighted by molar-refractivity contribution is 6.46. The lowest BCUT2D eigenvalue weighted by Gasteiger charge is -2.27. The van der Waals surface area contributed by atoms with Gasteiger partial charge in [0.2, 0.25) is 0 Å². The Balaban J connectivity index is 1.69. The van der Waals surface area contributed by atoms with Gasteiger partial charge in [-0.2, -0.15) is 0 Å². The minimum absolute atomic E-state index is 0.0285. The molecule has 4 rings (SSSR count). The zero-order valence-corrected chi connectivity index (χ0v) is 20.7. The number of aliphatic hydroxyl groups is 1. The summed E-state index contributed by atoms with van der Waals surface area (Å²) in [5.41, 5.74) is 0.857. The van der Waals surface area contributed by atoms with E-state index < -0.39 is 17.7 Å². The molecule has 0 aliphatic carbocycles. The predicted octanol–water partition coefficient (Wildman–Crippen LogP) is 4.57. The van der Waals surface area contributed by atoms with Gasteiger partial charge in [-0.05, 0) is 61.2 Å². The van der Waals surface area contributed by atoms with E-state index in [9.17, 15) is 19.8 Å². The fraction of sp³-hybridized carbons (Fsp3) is 0.429. The second-order valence-corrected chi connectivity index (χ2v) is 9.10. The molecule has 8 nitrogen and oxygen atoms in total. The van der Waals surface area contributed by atoms with E-state index in [0.29, 0.717) is 30.1 Å². The predicted molar refractivity (Wildman–Crippen MR) is 134 cm³/mol. The quantitative estimate of drug-likeness (QED) is 0.215. The van der Waals surface area contributed by atoms with Crippen LogP contribution in [0.4, 0.5) is 0 Å². The zero-order chi connectivity index (χ0) is 25.7. The van der Waals surface area contributed by atoms with E-state index in [2.05, 4.69) is 6.92 Å². The summed E-state index contributed by atoms with van der Waals surface area (Å²) in [6.45, 7) is 3.55. The number of amides is 1. The zero-order valence-electron chi connectivity index (χ0n) is 20.7. The molecule has 2 aliphatic rings. The molecule has 192 valence electrons. The molecule has 2 atom stereocenters. The lowest BCUT2D eigenvalue weighted by molar-refractivity contribution is -0.140. The number of hydrogen-bond donors (Lipinski definition) is 2. The van der Waals surface area contributed by atoms with Gasteiger partial charge in [-0.15, -0.1) is 0 Å². The average molecular weight is 496 g/mol. The summed E-state index contributed by atoms with van der Waals surface area (Å²) < 4.78 is 16.6. The minimum Gasteiger partial charge on any atom is -0.507 e. The van der Waals surface area contributed by atoms with Crippen molar-refractivity contribution in [3.8, 4) is 17.2 Å². The van der Waals surface area contributed by atoms with Gasteiger partial charge < -0.3 is 29.3 Å². The molecule has 0 spiro atoms. The number of methoxy groups -OCH3 is 1. The summed E-state index contributed by atoms with van der Waals surface area (Å²) in [5.74, 6) is -0.945. The van der Waals surface area contributed by atoms with Crippen molar-refractivity contribution in [2.75, 3.05) is 26.9 Å². The molecule has 1 amide bonds. The molecule has 2 saturated heterocycles. The molecule has 2 heterocycles. The molecule has 0 saturated carbocycles. The largest absolute Gasteiger partial charge is 0.507 e. The topological polar surface area (TPSA) is 106 Å². The fourth-order valence-electron chi connectivity index (χ4n) is 4.71. The first-order valence-electron chi connectivity index (χ1n) is 12.4. The molecule has 2 aliphatic heterocycles. The lowest BCUT2D eigenvalue weighted by atomic mass is 9.94. The monoisotopic (exact) mass is 495 g/mol. The van der Waals surface area contributed by atoms with E-state index >= 15 is 0 Å². The number of nitrogens with zero attached hydrogens (tertiary/aromatic N) is 1. The number of Topliss-reactive ketones (excluding diaryl/α,β-unsaturated/α-hetero) is 1. The van der Waals surface area contributed by atoms with Crippen LogP contribution in [0.5, 0.6) is 17.2 Å². The van der Waals surface area contributed by atoms with Crippen molar-refractivity contribution in [2.45, 2.75) is 51.2 Å². The highest BCUT2D eigenvalue weighted by atomic mass is 16.5. The summed E-state index contributed by atoms with van der Waals surface area (Å²) in [4.78, 5) is 27.8. The third-order valence-electron chi connectivity index (χ3n) is 6.63. The number of carbonyl (C=O) groups is 2. The number of hydrogen-bond acceptors (Lipinski definition) is 7. The Labute approximate surface area is 211 Å². The molecule has 36 heavy (non-hydrogen) atoms. The van der Waals surface area contributed by atoms with Crippen molar-refractivity contribution in [3.05, 3.63) is 59.2 Å². The average Bonchev–Trinajstić information content (AvgIpc) is 3.49. The molecular weight excluding hydrogens is 462 g/mol. The smallest absolute Gasteiger partial charge is 0.295 e. The van der Waals surface area contributed by atoms with Gasteiger partial charge in [0.15, 0.2) is 11.5 Å². The van der Waals surface area contributed by atoms with Gasteiger partial charge in [0, 0.05) is 18.7 Å². The summed E-state index contributed by atoms with van der Waals surface area (Å²) in [6, 6.07) is 10.6. The van der Waals surface area contributed by atoms with E-state index in [1.54, 1.807) is 36.4 Å².